The molecular weight excluding hydrogens is 270 g/mol. The van der Waals surface area contributed by atoms with Gasteiger partial charge in [0, 0.05) is 18.3 Å². The summed E-state index contributed by atoms with van der Waals surface area (Å²) < 4.78 is 10.6. The van der Waals surface area contributed by atoms with E-state index in [1.54, 1.807) is 25.3 Å². The largest absolute Gasteiger partial charge is 0.495 e. The van der Waals surface area contributed by atoms with Crippen molar-refractivity contribution in [3.8, 4) is 5.75 Å². The number of ether oxygens (including phenoxy) is 2. The molecule has 1 heterocycles. The van der Waals surface area contributed by atoms with Crippen molar-refractivity contribution in [1.82, 2.24) is 4.90 Å². The summed E-state index contributed by atoms with van der Waals surface area (Å²) in [6, 6.07) is 5.17. The molecule has 116 valence electrons. The number of morpholine rings is 1. The molecule has 3 N–H and O–H groups in total. The number of benzene rings is 1. The van der Waals surface area contributed by atoms with Gasteiger partial charge in [-0.05, 0) is 32.0 Å². The zero-order valence-corrected chi connectivity index (χ0v) is 12.8. The van der Waals surface area contributed by atoms with Crippen LogP contribution in [0, 0.1) is 0 Å². The van der Waals surface area contributed by atoms with E-state index in [9.17, 15) is 4.79 Å². The van der Waals surface area contributed by atoms with Crippen molar-refractivity contribution in [3.63, 3.8) is 0 Å². The van der Waals surface area contributed by atoms with Crippen LogP contribution >= 0.6 is 0 Å². The van der Waals surface area contributed by atoms with Crippen LogP contribution in [0.15, 0.2) is 18.2 Å². The number of methoxy groups -OCH3 is 1. The van der Waals surface area contributed by atoms with Gasteiger partial charge in [0.05, 0.1) is 32.1 Å². The van der Waals surface area contributed by atoms with E-state index < -0.39 is 0 Å². The quantitative estimate of drug-likeness (QED) is 0.819. The first kappa shape index (κ1) is 15.6. The van der Waals surface area contributed by atoms with Crippen LogP contribution in [-0.4, -0.2) is 49.8 Å². The van der Waals surface area contributed by atoms with Crippen LogP contribution in [0.3, 0.4) is 0 Å². The van der Waals surface area contributed by atoms with E-state index in [0.29, 0.717) is 30.3 Å². The third-order valence-corrected chi connectivity index (χ3v) is 3.78. The monoisotopic (exact) mass is 293 g/mol. The molecule has 2 unspecified atom stereocenters. The number of nitrogens with one attached hydrogen (secondary N) is 1. The van der Waals surface area contributed by atoms with Gasteiger partial charge in [-0.1, -0.05) is 0 Å². The van der Waals surface area contributed by atoms with Gasteiger partial charge in [-0.15, -0.1) is 0 Å². The van der Waals surface area contributed by atoms with Crippen LogP contribution in [0.1, 0.15) is 13.8 Å². The lowest BCUT2D eigenvalue weighted by Gasteiger charge is -2.37. The first-order valence-corrected chi connectivity index (χ1v) is 7.10. The number of nitrogen functional groups attached to an aromatic ring is 1. The van der Waals surface area contributed by atoms with Gasteiger partial charge in [0.25, 0.3) is 0 Å². The van der Waals surface area contributed by atoms with Gasteiger partial charge >= 0.3 is 0 Å². The smallest absolute Gasteiger partial charge is 0.241 e. The Balaban J connectivity index is 2.08. The zero-order valence-electron chi connectivity index (χ0n) is 12.8. The maximum absolute atomic E-state index is 12.4. The molecule has 6 heteroatoms. The molecule has 21 heavy (non-hydrogen) atoms. The SMILES string of the molecule is COc1ccc(N)cc1NC(=O)C(C)N1CCOCC1C. The Morgan fingerprint density at radius 1 is 1.57 bits per heavy atom. The van der Waals surface area contributed by atoms with Crippen LogP contribution < -0.4 is 15.8 Å². The van der Waals surface area contributed by atoms with Crippen molar-refractivity contribution >= 4 is 17.3 Å². The fourth-order valence-corrected chi connectivity index (χ4v) is 2.53. The summed E-state index contributed by atoms with van der Waals surface area (Å²) in [5.74, 6) is 0.521. The minimum Gasteiger partial charge on any atom is -0.495 e. The van der Waals surface area contributed by atoms with Gasteiger partial charge < -0.3 is 20.5 Å². The lowest BCUT2D eigenvalue weighted by Crippen LogP contribution is -2.52. The fraction of sp³-hybridized carbons (Fsp3) is 0.533. The van der Waals surface area contributed by atoms with E-state index in [2.05, 4.69) is 17.1 Å². The number of carbonyl (C=O) groups excluding carboxylic acids is 1. The predicted octanol–water partition coefficient (Wildman–Crippen LogP) is 1.33. The van der Waals surface area contributed by atoms with E-state index in [4.69, 9.17) is 15.2 Å². The molecule has 1 aromatic rings. The second kappa shape index (κ2) is 6.78. The molecule has 0 aromatic heterocycles. The first-order chi connectivity index (χ1) is 10.0. The molecule has 1 amide bonds. The third kappa shape index (κ3) is 3.65. The highest BCUT2D eigenvalue weighted by Crippen LogP contribution is 2.27. The zero-order chi connectivity index (χ0) is 15.4. The van der Waals surface area contributed by atoms with E-state index in [1.807, 2.05) is 6.92 Å². The van der Waals surface area contributed by atoms with Crippen molar-refractivity contribution in [2.45, 2.75) is 25.9 Å². The Hall–Kier alpha value is -1.79. The van der Waals surface area contributed by atoms with Crippen LogP contribution in [-0.2, 0) is 9.53 Å². The van der Waals surface area contributed by atoms with E-state index in [-0.39, 0.29) is 18.0 Å². The average Bonchev–Trinajstić information content (AvgIpc) is 2.47. The number of carbonyl (C=O) groups is 1. The minimum atomic E-state index is -0.241. The number of nitrogens with two attached hydrogens (primary N) is 1. The number of amides is 1. The molecule has 2 rings (SSSR count). The summed E-state index contributed by atoms with van der Waals surface area (Å²) in [5.41, 5.74) is 6.94. The second-order valence-electron chi connectivity index (χ2n) is 5.29. The fourth-order valence-electron chi connectivity index (χ4n) is 2.53. The highest BCUT2D eigenvalue weighted by molar-refractivity contribution is 5.96. The van der Waals surface area contributed by atoms with E-state index in [1.165, 1.54) is 0 Å². The summed E-state index contributed by atoms with van der Waals surface area (Å²) in [4.78, 5) is 14.6. The summed E-state index contributed by atoms with van der Waals surface area (Å²) >= 11 is 0. The van der Waals surface area contributed by atoms with E-state index in [0.717, 1.165) is 6.54 Å². The maximum atomic E-state index is 12.4. The summed E-state index contributed by atoms with van der Waals surface area (Å²) in [5, 5.41) is 2.89. The molecule has 0 saturated carbocycles. The lowest BCUT2D eigenvalue weighted by atomic mass is 10.1. The van der Waals surface area contributed by atoms with Crippen LogP contribution in [0.2, 0.25) is 0 Å². The van der Waals surface area contributed by atoms with Gasteiger partial charge in [-0.3, -0.25) is 9.69 Å². The number of rotatable bonds is 4. The van der Waals surface area contributed by atoms with Crippen molar-refractivity contribution in [2.75, 3.05) is 37.9 Å². The van der Waals surface area contributed by atoms with Crippen molar-refractivity contribution in [2.24, 2.45) is 0 Å². The molecule has 2 atom stereocenters. The summed E-state index contributed by atoms with van der Waals surface area (Å²) in [6.07, 6.45) is 0. The number of hydrogen-bond acceptors (Lipinski definition) is 5. The second-order valence-corrected chi connectivity index (χ2v) is 5.29. The standard InChI is InChI=1S/C15H23N3O3/c1-10-9-21-7-6-18(10)11(2)15(19)17-13-8-12(16)4-5-14(13)20-3/h4-5,8,10-11H,6-7,9,16H2,1-3H3,(H,17,19). The van der Waals surface area contributed by atoms with Gasteiger partial charge in [0.2, 0.25) is 5.91 Å². The van der Waals surface area contributed by atoms with Crippen molar-refractivity contribution < 1.29 is 14.3 Å². The molecule has 0 radical (unpaired) electrons. The lowest BCUT2D eigenvalue weighted by molar-refractivity contribution is -0.124. The van der Waals surface area contributed by atoms with Crippen molar-refractivity contribution in [1.29, 1.82) is 0 Å². The van der Waals surface area contributed by atoms with Crippen molar-refractivity contribution in [3.05, 3.63) is 18.2 Å². The number of nitrogens with zero attached hydrogens (tertiary/aromatic N) is 1. The minimum absolute atomic E-state index is 0.0762. The van der Waals surface area contributed by atoms with Gasteiger partial charge in [0.1, 0.15) is 5.75 Å². The molecule has 1 aliphatic rings. The van der Waals surface area contributed by atoms with Crippen LogP contribution in [0.25, 0.3) is 0 Å². The molecule has 0 aliphatic carbocycles. The topological polar surface area (TPSA) is 76.8 Å². The number of anilines is 2. The van der Waals surface area contributed by atoms with Crippen LogP contribution in [0.5, 0.6) is 5.75 Å². The Labute approximate surface area is 125 Å². The Bertz CT molecular complexity index is 507. The molecule has 1 aromatic carbocycles. The average molecular weight is 293 g/mol. The van der Waals surface area contributed by atoms with Crippen LogP contribution in [0.4, 0.5) is 11.4 Å². The normalized spacial score (nSPS) is 20.8. The molecule has 1 aliphatic heterocycles. The Morgan fingerprint density at radius 3 is 3.00 bits per heavy atom. The molecule has 0 bridgehead atoms. The summed E-state index contributed by atoms with van der Waals surface area (Å²) in [6.45, 7) is 6.02. The molecule has 0 spiro atoms. The summed E-state index contributed by atoms with van der Waals surface area (Å²) in [7, 11) is 1.56. The first-order valence-electron chi connectivity index (χ1n) is 7.10. The molecule has 1 fully saturated rings. The highest BCUT2D eigenvalue weighted by Gasteiger charge is 2.28. The Kier molecular flexibility index (Phi) is 5.03. The molecule has 1 saturated heterocycles. The highest BCUT2D eigenvalue weighted by atomic mass is 16.5. The Morgan fingerprint density at radius 2 is 2.33 bits per heavy atom. The third-order valence-electron chi connectivity index (χ3n) is 3.78. The predicted molar refractivity (Wildman–Crippen MR) is 82.5 cm³/mol. The molecular formula is C15H23N3O3. The molecule has 6 nitrogen and oxygen atoms in total. The van der Waals surface area contributed by atoms with E-state index >= 15 is 0 Å². The number of hydrogen-bond donors (Lipinski definition) is 2. The van der Waals surface area contributed by atoms with Gasteiger partial charge in [0.15, 0.2) is 0 Å². The van der Waals surface area contributed by atoms with Gasteiger partial charge in [-0.25, -0.2) is 0 Å². The maximum Gasteiger partial charge on any atom is 0.241 e. The van der Waals surface area contributed by atoms with Gasteiger partial charge in [-0.2, -0.15) is 0 Å².